The number of benzene rings is 1. The Balaban J connectivity index is 2.02. The number of methoxy groups -OCH3 is 1. The summed E-state index contributed by atoms with van der Waals surface area (Å²) in [6.07, 6.45) is 1.76. The summed E-state index contributed by atoms with van der Waals surface area (Å²) in [4.78, 5) is 4.26. The van der Waals surface area contributed by atoms with E-state index in [1.165, 1.54) is 0 Å². The predicted molar refractivity (Wildman–Crippen MR) is 69.6 cm³/mol. The van der Waals surface area contributed by atoms with Crippen LogP contribution in [0.15, 0.2) is 41.0 Å². The van der Waals surface area contributed by atoms with Crippen molar-refractivity contribution in [1.29, 1.82) is 0 Å². The molecule has 6 heteroatoms. The largest absolute Gasteiger partial charge is 0.497 e. The monoisotopic (exact) mass is 258 g/mol. The van der Waals surface area contributed by atoms with Crippen LogP contribution < -0.4 is 15.4 Å². The quantitative estimate of drug-likeness (QED) is 0.918. The Morgan fingerprint density at radius 2 is 2.11 bits per heavy atom. The second-order valence-electron chi connectivity index (χ2n) is 3.60. The highest BCUT2D eigenvalue weighted by atomic mass is 32.1. The van der Waals surface area contributed by atoms with Crippen LogP contribution in [0.25, 0.3) is 11.4 Å². The van der Waals surface area contributed by atoms with Crippen LogP contribution in [0.2, 0.25) is 0 Å². The van der Waals surface area contributed by atoms with Gasteiger partial charge in [-0.05, 0) is 24.3 Å². The lowest BCUT2D eigenvalue weighted by atomic mass is 10.1. The summed E-state index contributed by atoms with van der Waals surface area (Å²) in [7, 11) is 1.64. The lowest BCUT2D eigenvalue weighted by Crippen LogP contribution is -2.08. The minimum Gasteiger partial charge on any atom is -0.497 e. The van der Waals surface area contributed by atoms with E-state index in [9.17, 15) is 0 Å². The maximum absolute atomic E-state index is 5.13. The van der Waals surface area contributed by atoms with Crippen molar-refractivity contribution in [3.63, 3.8) is 0 Å². The Hall–Kier alpha value is -2.21. The van der Waals surface area contributed by atoms with Gasteiger partial charge >= 0.3 is 5.22 Å². The van der Waals surface area contributed by atoms with Gasteiger partial charge in [-0.15, -0.1) is 11.3 Å². The molecule has 1 N–H and O–H groups in total. The van der Waals surface area contributed by atoms with E-state index >= 15 is 0 Å². The van der Waals surface area contributed by atoms with Crippen LogP contribution in [0.1, 0.15) is 10.6 Å². The van der Waals surface area contributed by atoms with Gasteiger partial charge in [0.15, 0.2) is 11.4 Å². The van der Waals surface area contributed by atoms with Crippen molar-refractivity contribution in [2.75, 3.05) is 7.11 Å². The summed E-state index contributed by atoms with van der Waals surface area (Å²) in [5, 5.41) is 10.8. The number of rotatable bonds is 3. The van der Waals surface area contributed by atoms with E-state index in [1.807, 2.05) is 29.6 Å². The Labute approximate surface area is 108 Å². The zero-order chi connectivity index (χ0) is 12.4. The fraction of sp³-hybridized carbons (Fsp3) is 0.0833. The van der Waals surface area contributed by atoms with E-state index < -0.39 is 0 Å². The highest BCUT2D eigenvalue weighted by Crippen LogP contribution is 2.29. The smallest absolute Gasteiger partial charge is 0.331 e. The Bertz CT molecular complexity index is 602. The molecule has 1 aromatic heterocycles. The summed E-state index contributed by atoms with van der Waals surface area (Å²) in [6.45, 7) is 0. The molecule has 0 atom stereocenters. The standard InChI is InChI=1S/C12H10N4OS/c1-17-9-4-2-8(3-5-9)10-11(15-16-14-10)12-13-6-7-18-12/h2-7H,1H3,(H,14,15)/q+1. The van der Waals surface area contributed by atoms with Crippen LogP contribution in [0.3, 0.4) is 0 Å². The summed E-state index contributed by atoms with van der Waals surface area (Å²) in [5.41, 5.74) is 5.51. The fourth-order valence-corrected chi connectivity index (χ4v) is 2.31. The van der Waals surface area contributed by atoms with Gasteiger partial charge in [-0.1, -0.05) is 5.43 Å². The first-order valence-electron chi connectivity index (χ1n) is 5.34. The minimum absolute atomic E-state index is 0.799. The normalized spacial score (nSPS) is 13.8. The summed E-state index contributed by atoms with van der Waals surface area (Å²) < 4.78 is 5.13. The van der Waals surface area contributed by atoms with Crippen molar-refractivity contribution in [3.05, 3.63) is 46.4 Å². The van der Waals surface area contributed by atoms with Gasteiger partial charge in [0.1, 0.15) is 15.9 Å². The minimum atomic E-state index is 0.799. The molecule has 1 radical (unpaired) electrons. The number of hydrogen-bond donors (Lipinski definition) is 1. The predicted octanol–water partition coefficient (Wildman–Crippen LogP) is 2.28. The van der Waals surface area contributed by atoms with Gasteiger partial charge in [0.05, 0.1) is 7.11 Å². The van der Waals surface area contributed by atoms with Crippen LogP contribution in [-0.2, 0) is 0 Å². The molecule has 0 fully saturated rings. The van der Waals surface area contributed by atoms with Crippen LogP contribution in [0, 0.1) is 0 Å². The second kappa shape index (κ2) is 4.58. The van der Waals surface area contributed by atoms with Gasteiger partial charge in [0, 0.05) is 17.1 Å². The third-order valence-corrected chi connectivity index (χ3v) is 3.35. The van der Waals surface area contributed by atoms with Crippen LogP contribution in [-0.4, -0.2) is 12.1 Å². The summed E-state index contributed by atoms with van der Waals surface area (Å²) >= 11 is 1.55. The molecule has 0 unspecified atom stereocenters. The highest BCUT2D eigenvalue weighted by Gasteiger charge is 2.26. The fourth-order valence-electron chi connectivity index (χ4n) is 1.67. The van der Waals surface area contributed by atoms with E-state index in [-0.39, 0.29) is 0 Å². The van der Waals surface area contributed by atoms with Crippen molar-refractivity contribution >= 4 is 22.7 Å². The number of thiazole rings is 1. The van der Waals surface area contributed by atoms with Gasteiger partial charge in [0.25, 0.3) is 0 Å². The van der Waals surface area contributed by atoms with Gasteiger partial charge in [-0.3, -0.25) is 0 Å². The Morgan fingerprint density at radius 1 is 1.28 bits per heavy atom. The number of nitrogens with one attached hydrogen (secondary N) is 1. The molecule has 89 valence electrons. The molecular formula is C12H10N4OS+. The average Bonchev–Trinajstić information content (AvgIpc) is 3.09. The molecule has 0 aliphatic carbocycles. The second-order valence-corrected chi connectivity index (χ2v) is 4.50. The topological polar surface area (TPSA) is 60.6 Å². The van der Waals surface area contributed by atoms with Crippen LogP contribution in [0.4, 0.5) is 0 Å². The van der Waals surface area contributed by atoms with Gasteiger partial charge in [0.2, 0.25) is 0 Å². The summed E-state index contributed by atoms with van der Waals surface area (Å²) in [5.74, 6) is 0.818. The molecular weight excluding hydrogens is 248 g/mol. The summed E-state index contributed by atoms with van der Waals surface area (Å²) in [6, 6.07) is 7.70. The van der Waals surface area contributed by atoms with E-state index in [2.05, 4.69) is 20.7 Å². The molecule has 1 aliphatic heterocycles. The number of aromatic nitrogens is 1. The molecule has 3 rings (SSSR count). The Kier molecular flexibility index (Phi) is 2.77. The Morgan fingerprint density at radius 3 is 2.78 bits per heavy atom. The van der Waals surface area contributed by atoms with E-state index in [4.69, 9.17) is 4.74 Å². The third kappa shape index (κ3) is 1.86. The number of nitrogens with zero attached hydrogens (tertiary/aromatic N) is 3. The molecule has 0 bridgehead atoms. The maximum atomic E-state index is 5.13. The zero-order valence-corrected chi connectivity index (χ0v) is 10.4. The average molecular weight is 258 g/mol. The first kappa shape index (κ1) is 10.9. The van der Waals surface area contributed by atoms with E-state index in [0.717, 1.165) is 27.7 Å². The molecule has 1 aliphatic rings. The number of ether oxygens (including phenoxy) is 1. The van der Waals surface area contributed by atoms with Crippen molar-refractivity contribution in [2.45, 2.75) is 0 Å². The van der Waals surface area contributed by atoms with Crippen molar-refractivity contribution in [3.8, 4) is 5.75 Å². The first-order valence-corrected chi connectivity index (χ1v) is 6.22. The molecule has 2 heterocycles. The maximum Gasteiger partial charge on any atom is 0.331 e. The van der Waals surface area contributed by atoms with Crippen molar-refractivity contribution < 1.29 is 4.74 Å². The van der Waals surface area contributed by atoms with Crippen molar-refractivity contribution in [2.24, 2.45) is 5.11 Å². The van der Waals surface area contributed by atoms with E-state index in [0.29, 0.717) is 0 Å². The van der Waals surface area contributed by atoms with Crippen LogP contribution in [0.5, 0.6) is 5.75 Å². The molecule has 18 heavy (non-hydrogen) atoms. The molecule has 0 amide bonds. The molecule has 0 spiro atoms. The molecule has 0 saturated carbocycles. The zero-order valence-electron chi connectivity index (χ0n) is 9.62. The van der Waals surface area contributed by atoms with Gasteiger partial charge in [-0.25, -0.2) is 4.98 Å². The van der Waals surface area contributed by atoms with Gasteiger partial charge in [-0.2, -0.15) is 0 Å². The molecule has 5 nitrogen and oxygen atoms in total. The van der Waals surface area contributed by atoms with Gasteiger partial charge < -0.3 is 4.74 Å². The molecule has 1 aromatic carbocycles. The SMILES string of the molecule is COc1ccc(C2=C(c3nccs3)N[N+]=N2)cc1. The number of hydrogen-bond acceptors (Lipinski definition) is 6. The molecule has 2 aromatic rings. The lowest BCUT2D eigenvalue weighted by Gasteiger charge is -2.01. The lowest BCUT2D eigenvalue weighted by molar-refractivity contribution is 0.415. The van der Waals surface area contributed by atoms with Crippen LogP contribution >= 0.6 is 11.3 Å². The first-order chi connectivity index (χ1) is 8.88. The third-order valence-electron chi connectivity index (χ3n) is 2.56. The van der Waals surface area contributed by atoms with Crippen molar-refractivity contribution in [1.82, 2.24) is 15.6 Å². The molecule has 0 saturated heterocycles. The highest BCUT2D eigenvalue weighted by molar-refractivity contribution is 7.10. The van der Waals surface area contributed by atoms with E-state index in [1.54, 1.807) is 24.6 Å².